The van der Waals surface area contributed by atoms with Crippen LogP contribution < -0.4 is 10.6 Å². The van der Waals surface area contributed by atoms with Crippen LogP contribution in [0, 0.1) is 12.8 Å². The van der Waals surface area contributed by atoms with Gasteiger partial charge in [-0.15, -0.1) is 0 Å². The topological polar surface area (TPSA) is 79.0 Å². The minimum absolute atomic E-state index is 0.0411. The SMILES string of the molecule is Cc1ccc(C2OCCCC2CNC(=O)c2n[nH]c3c2CNCC3)cc1. The fraction of sp³-hybridized carbons (Fsp3) is 0.500. The monoisotopic (exact) mass is 354 g/mol. The van der Waals surface area contributed by atoms with Crippen LogP contribution in [0.3, 0.4) is 0 Å². The predicted molar refractivity (Wildman–Crippen MR) is 98.9 cm³/mol. The molecule has 1 aromatic carbocycles. The number of benzene rings is 1. The summed E-state index contributed by atoms with van der Waals surface area (Å²) in [5.41, 5.74) is 5.04. The maximum atomic E-state index is 12.6. The number of carbonyl (C=O) groups excluding carboxylic acids is 1. The number of aromatic nitrogens is 2. The van der Waals surface area contributed by atoms with Crippen molar-refractivity contribution in [2.45, 2.75) is 38.8 Å². The van der Waals surface area contributed by atoms with Gasteiger partial charge in [-0.1, -0.05) is 29.8 Å². The van der Waals surface area contributed by atoms with Crippen molar-refractivity contribution in [2.24, 2.45) is 5.92 Å². The second-order valence-corrected chi connectivity index (χ2v) is 7.27. The first kappa shape index (κ1) is 17.2. The third-order valence-corrected chi connectivity index (χ3v) is 5.40. The van der Waals surface area contributed by atoms with Crippen LogP contribution in [0.1, 0.15) is 51.8 Å². The smallest absolute Gasteiger partial charge is 0.272 e. The van der Waals surface area contributed by atoms with Gasteiger partial charge in [-0.2, -0.15) is 5.10 Å². The lowest BCUT2D eigenvalue weighted by molar-refractivity contribution is -0.0272. The standard InChI is InChI=1S/C20H26N4O2/c1-13-4-6-14(7-5-13)19-15(3-2-10-26-19)11-22-20(25)18-16-12-21-9-8-17(16)23-24-18/h4-7,15,19,21H,2-3,8-12H2,1H3,(H,22,25)(H,23,24). The largest absolute Gasteiger partial charge is 0.373 e. The van der Waals surface area contributed by atoms with Gasteiger partial charge in [0, 0.05) is 49.8 Å². The summed E-state index contributed by atoms with van der Waals surface area (Å²) < 4.78 is 6.05. The van der Waals surface area contributed by atoms with E-state index < -0.39 is 0 Å². The van der Waals surface area contributed by atoms with Crippen molar-refractivity contribution >= 4 is 5.91 Å². The van der Waals surface area contributed by atoms with Crippen LogP contribution in [-0.4, -0.2) is 35.8 Å². The average molecular weight is 354 g/mol. The first-order chi connectivity index (χ1) is 12.7. The Kier molecular flexibility index (Phi) is 5.04. The maximum absolute atomic E-state index is 12.6. The highest BCUT2D eigenvalue weighted by atomic mass is 16.5. The van der Waals surface area contributed by atoms with E-state index in [9.17, 15) is 4.79 Å². The van der Waals surface area contributed by atoms with E-state index in [-0.39, 0.29) is 17.9 Å². The fourth-order valence-corrected chi connectivity index (χ4v) is 3.90. The van der Waals surface area contributed by atoms with Crippen molar-refractivity contribution in [2.75, 3.05) is 19.7 Å². The molecule has 2 aliphatic heterocycles. The van der Waals surface area contributed by atoms with Crippen molar-refractivity contribution < 1.29 is 9.53 Å². The normalized spacial score (nSPS) is 22.7. The Morgan fingerprint density at radius 2 is 2.19 bits per heavy atom. The Hall–Kier alpha value is -2.18. The summed E-state index contributed by atoms with van der Waals surface area (Å²) in [4.78, 5) is 12.6. The number of ether oxygens (including phenoxy) is 1. The molecule has 2 aliphatic rings. The molecule has 4 rings (SSSR count). The van der Waals surface area contributed by atoms with Gasteiger partial charge in [-0.3, -0.25) is 9.89 Å². The second-order valence-electron chi connectivity index (χ2n) is 7.27. The third-order valence-electron chi connectivity index (χ3n) is 5.40. The zero-order valence-electron chi connectivity index (χ0n) is 15.2. The van der Waals surface area contributed by atoms with Gasteiger partial charge in [0.15, 0.2) is 5.69 Å². The van der Waals surface area contributed by atoms with E-state index in [0.29, 0.717) is 18.8 Å². The molecule has 138 valence electrons. The number of rotatable bonds is 4. The van der Waals surface area contributed by atoms with Crippen molar-refractivity contribution in [3.63, 3.8) is 0 Å². The van der Waals surface area contributed by atoms with Gasteiger partial charge in [0.1, 0.15) is 0 Å². The van der Waals surface area contributed by atoms with Crippen LogP contribution in [-0.2, 0) is 17.7 Å². The van der Waals surface area contributed by atoms with E-state index in [1.165, 1.54) is 11.1 Å². The van der Waals surface area contributed by atoms with Crippen molar-refractivity contribution in [3.8, 4) is 0 Å². The van der Waals surface area contributed by atoms with Gasteiger partial charge < -0.3 is 15.4 Å². The molecular formula is C20H26N4O2. The number of hydrogen-bond acceptors (Lipinski definition) is 4. The van der Waals surface area contributed by atoms with Gasteiger partial charge in [0.2, 0.25) is 0 Å². The molecule has 3 heterocycles. The van der Waals surface area contributed by atoms with Crippen LogP contribution in [0.2, 0.25) is 0 Å². The van der Waals surface area contributed by atoms with Gasteiger partial charge >= 0.3 is 0 Å². The second kappa shape index (κ2) is 7.60. The number of nitrogens with zero attached hydrogens (tertiary/aromatic N) is 1. The van der Waals surface area contributed by atoms with Crippen LogP contribution >= 0.6 is 0 Å². The van der Waals surface area contributed by atoms with E-state index in [1.807, 2.05) is 0 Å². The Morgan fingerprint density at radius 1 is 1.35 bits per heavy atom. The summed E-state index contributed by atoms with van der Waals surface area (Å²) in [5, 5.41) is 13.6. The van der Waals surface area contributed by atoms with Crippen molar-refractivity contribution in [1.82, 2.24) is 20.8 Å². The highest BCUT2D eigenvalue weighted by Crippen LogP contribution is 2.33. The number of amides is 1. The minimum atomic E-state index is -0.0978. The van der Waals surface area contributed by atoms with Gasteiger partial charge in [0.25, 0.3) is 5.91 Å². The van der Waals surface area contributed by atoms with Crippen molar-refractivity contribution in [3.05, 3.63) is 52.3 Å². The molecule has 3 N–H and O–H groups in total. The lowest BCUT2D eigenvalue weighted by Gasteiger charge is -2.32. The van der Waals surface area contributed by atoms with Gasteiger partial charge in [0.05, 0.1) is 6.10 Å². The molecule has 0 saturated carbocycles. The zero-order chi connectivity index (χ0) is 17.9. The van der Waals surface area contributed by atoms with E-state index in [1.54, 1.807) is 0 Å². The molecule has 1 amide bonds. The number of nitrogens with one attached hydrogen (secondary N) is 3. The van der Waals surface area contributed by atoms with Gasteiger partial charge in [-0.05, 0) is 25.3 Å². The zero-order valence-corrected chi connectivity index (χ0v) is 15.2. The molecule has 2 atom stereocenters. The van der Waals surface area contributed by atoms with Crippen LogP contribution in [0.15, 0.2) is 24.3 Å². The molecule has 6 heteroatoms. The summed E-state index contributed by atoms with van der Waals surface area (Å²) >= 11 is 0. The molecule has 26 heavy (non-hydrogen) atoms. The van der Waals surface area contributed by atoms with E-state index in [2.05, 4.69) is 52.0 Å². The quantitative estimate of drug-likeness (QED) is 0.787. The molecule has 0 spiro atoms. The summed E-state index contributed by atoms with van der Waals surface area (Å²) in [6.45, 7) is 5.09. The summed E-state index contributed by atoms with van der Waals surface area (Å²) in [6, 6.07) is 8.50. The third kappa shape index (κ3) is 3.52. The van der Waals surface area contributed by atoms with Crippen LogP contribution in [0.5, 0.6) is 0 Å². The molecule has 6 nitrogen and oxygen atoms in total. The molecular weight excluding hydrogens is 328 g/mol. The first-order valence-corrected chi connectivity index (χ1v) is 9.45. The van der Waals surface area contributed by atoms with Gasteiger partial charge in [-0.25, -0.2) is 0 Å². The molecule has 2 aromatic rings. The lowest BCUT2D eigenvalue weighted by Crippen LogP contribution is -2.36. The Balaban J connectivity index is 1.43. The molecule has 0 radical (unpaired) electrons. The Labute approximate surface area is 153 Å². The average Bonchev–Trinajstić information content (AvgIpc) is 3.11. The van der Waals surface area contributed by atoms with Crippen LogP contribution in [0.4, 0.5) is 0 Å². The van der Waals surface area contributed by atoms with E-state index in [4.69, 9.17) is 4.74 Å². The number of aromatic amines is 1. The summed E-state index contributed by atoms with van der Waals surface area (Å²) in [5.74, 6) is 0.183. The highest BCUT2D eigenvalue weighted by Gasteiger charge is 2.29. The lowest BCUT2D eigenvalue weighted by atomic mass is 9.89. The number of H-pyrrole nitrogens is 1. The maximum Gasteiger partial charge on any atom is 0.272 e. The van der Waals surface area contributed by atoms with E-state index in [0.717, 1.165) is 43.7 Å². The van der Waals surface area contributed by atoms with E-state index >= 15 is 0 Å². The Bertz CT molecular complexity index is 769. The fourth-order valence-electron chi connectivity index (χ4n) is 3.90. The van der Waals surface area contributed by atoms with Crippen molar-refractivity contribution in [1.29, 1.82) is 0 Å². The first-order valence-electron chi connectivity index (χ1n) is 9.45. The number of fused-ring (bicyclic) bond motifs is 1. The molecule has 1 fully saturated rings. The minimum Gasteiger partial charge on any atom is -0.373 e. The molecule has 1 aromatic heterocycles. The number of hydrogen-bond donors (Lipinski definition) is 3. The Morgan fingerprint density at radius 3 is 3.04 bits per heavy atom. The number of carbonyl (C=O) groups is 1. The molecule has 0 bridgehead atoms. The molecule has 2 unspecified atom stereocenters. The van der Waals surface area contributed by atoms with Crippen LogP contribution in [0.25, 0.3) is 0 Å². The summed E-state index contributed by atoms with van der Waals surface area (Å²) in [6.07, 6.45) is 3.02. The predicted octanol–water partition coefficient (Wildman–Crippen LogP) is 2.26. The molecule has 1 saturated heterocycles. The molecule has 0 aliphatic carbocycles. The number of aryl methyl sites for hydroxylation is 1. The summed E-state index contributed by atoms with van der Waals surface area (Å²) in [7, 11) is 0. The highest BCUT2D eigenvalue weighted by molar-refractivity contribution is 5.94.